The minimum Gasteiger partial charge on any atom is -0.327 e. The van der Waals surface area contributed by atoms with Crippen LogP contribution in [0.25, 0.3) is 0 Å². The average Bonchev–Trinajstić information content (AvgIpc) is 2.42. The smallest absolute Gasteiger partial charge is 0.0246 e. The molecule has 0 fully saturated rings. The van der Waals surface area contributed by atoms with Crippen molar-refractivity contribution in [1.29, 1.82) is 0 Å². The number of rotatable bonds is 4. The fourth-order valence-corrected chi connectivity index (χ4v) is 2.83. The van der Waals surface area contributed by atoms with Crippen LogP contribution in [-0.4, -0.2) is 6.04 Å². The maximum Gasteiger partial charge on any atom is 0.0246 e. The lowest BCUT2D eigenvalue weighted by Crippen LogP contribution is -2.34. The number of hydrogen-bond donors (Lipinski definition) is 1. The first-order valence-corrected chi connectivity index (χ1v) is 7.38. The first-order chi connectivity index (χ1) is 9.50. The van der Waals surface area contributed by atoms with Gasteiger partial charge in [0.2, 0.25) is 0 Å². The Kier molecular flexibility index (Phi) is 4.61. The third kappa shape index (κ3) is 3.10. The SMILES string of the molecule is Cc1ccc(C(c2ccccc2)C(N)C(C)C)c(C)c1. The molecule has 2 N–H and O–H groups in total. The molecule has 0 aliphatic rings. The van der Waals surface area contributed by atoms with Crippen molar-refractivity contribution in [2.24, 2.45) is 11.7 Å². The van der Waals surface area contributed by atoms with Gasteiger partial charge in [-0.2, -0.15) is 0 Å². The zero-order valence-corrected chi connectivity index (χ0v) is 12.9. The monoisotopic (exact) mass is 267 g/mol. The highest BCUT2D eigenvalue weighted by atomic mass is 14.7. The molecule has 0 bridgehead atoms. The van der Waals surface area contributed by atoms with Gasteiger partial charge in [-0.1, -0.05) is 67.9 Å². The molecule has 1 nitrogen and oxygen atoms in total. The van der Waals surface area contributed by atoms with E-state index in [9.17, 15) is 0 Å². The van der Waals surface area contributed by atoms with Gasteiger partial charge in [-0.3, -0.25) is 0 Å². The fraction of sp³-hybridized carbons (Fsp3) is 0.368. The Labute approximate surface area is 122 Å². The standard InChI is InChI=1S/C19H25N/c1-13(2)19(20)18(16-8-6-5-7-9-16)17-11-10-14(3)12-15(17)4/h5-13,18-19H,20H2,1-4H3. The lowest BCUT2D eigenvalue weighted by atomic mass is 9.79. The van der Waals surface area contributed by atoms with Crippen LogP contribution in [0.1, 0.15) is 42.0 Å². The third-order valence-corrected chi connectivity index (χ3v) is 4.07. The van der Waals surface area contributed by atoms with Crippen molar-refractivity contribution in [3.63, 3.8) is 0 Å². The van der Waals surface area contributed by atoms with Crippen molar-refractivity contribution >= 4 is 0 Å². The summed E-state index contributed by atoms with van der Waals surface area (Å²) in [4.78, 5) is 0. The molecule has 2 aromatic carbocycles. The number of benzene rings is 2. The minimum atomic E-state index is 0.124. The van der Waals surface area contributed by atoms with Gasteiger partial charge in [0.1, 0.15) is 0 Å². The minimum absolute atomic E-state index is 0.124. The second-order valence-corrected chi connectivity index (χ2v) is 6.07. The summed E-state index contributed by atoms with van der Waals surface area (Å²) in [5.41, 5.74) is 11.8. The van der Waals surface area contributed by atoms with E-state index in [-0.39, 0.29) is 12.0 Å². The molecule has 0 aliphatic carbocycles. The van der Waals surface area contributed by atoms with Gasteiger partial charge in [0.15, 0.2) is 0 Å². The molecule has 0 amide bonds. The van der Waals surface area contributed by atoms with Crippen molar-refractivity contribution in [1.82, 2.24) is 0 Å². The Morgan fingerprint density at radius 2 is 1.55 bits per heavy atom. The first kappa shape index (κ1) is 14.8. The molecule has 20 heavy (non-hydrogen) atoms. The van der Waals surface area contributed by atoms with E-state index >= 15 is 0 Å². The van der Waals surface area contributed by atoms with Gasteiger partial charge in [-0.05, 0) is 36.5 Å². The van der Waals surface area contributed by atoms with E-state index in [4.69, 9.17) is 5.73 Å². The van der Waals surface area contributed by atoms with Crippen LogP contribution in [0.3, 0.4) is 0 Å². The Morgan fingerprint density at radius 3 is 2.10 bits per heavy atom. The first-order valence-electron chi connectivity index (χ1n) is 7.38. The highest BCUT2D eigenvalue weighted by Crippen LogP contribution is 2.32. The fourth-order valence-electron chi connectivity index (χ4n) is 2.83. The van der Waals surface area contributed by atoms with E-state index < -0.39 is 0 Å². The Morgan fingerprint density at radius 1 is 0.900 bits per heavy atom. The second-order valence-electron chi connectivity index (χ2n) is 6.07. The highest BCUT2D eigenvalue weighted by Gasteiger charge is 2.25. The Hall–Kier alpha value is -1.60. The molecule has 0 heterocycles. The van der Waals surface area contributed by atoms with Gasteiger partial charge in [0.05, 0.1) is 0 Å². The lowest BCUT2D eigenvalue weighted by molar-refractivity contribution is 0.449. The zero-order valence-electron chi connectivity index (χ0n) is 12.9. The zero-order chi connectivity index (χ0) is 14.7. The predicted molar refractivity (Wildman–Crippen MR) is 87.0 cm³/mol. The van der Waals surface area contributed by atoms with Crippen molar-refractivity contribution in [3.05, 3.63) is 70.8 Å². The van der Waals surface area contributed by atoms with Crippen LogP contribution in [0.15, 0.2) is 48.5 Å². The summed E-state index contributed by atoms with van der Waals surface area (Å²) in [6.07, 6.45) is 0. The van der Waals surface area contributed by atoms with Gasteiger partial charge < -0.3 is 5.73 Å². The van der Waals surface area contributed by atoms with E-state index in [1.807, 2.05) is 0 Å². The molecule has 2 aromatic rings. The molecule has 0 saturated heterocycles. The van der Waals surface area contributed by atoms with Crippen LogP contribution >= 0.6 is 0 Å². The highest BCUT2D eigenvalue weighted by molar-refractivity contribution is 5.40. The van der Waals surface area contributed by atoms with Gasteiger partial charge in [-0.25, -0.2) is 0 Å². The molecular weight excluding hydrogens is 242 g/mol. The van der Waals surface area contributed by atoms with Gasteiger partial charge in [0, 0.05) is 12.0 Å². The number of nitrogens with two attached hydrogens (primary N) is 1. The molecule has 1 heteroatoms. The van der Waals surface area contributed by atoms with Crippen LogP contribution in [0.4, 0.5) is 0 Å². The van der Waals surface area contributed by atoms with Crippen LogP contribution in [0, 0.1) is 19.8 Å². The molecule has 106 valence electrons. The van der Waals surface area contributed by atoms with Crippen LogP contribution in [-0.2, 0) is 0 Å². The van der Waals surface area contributed by atoms with Gasteiger partial charge >= 0.3 is 0 Å². The van der Waals surface area contributed by atoms with E-state index in [1.54, 1.807) is 0 Å². The normalized spacial score (nSPS) is 14.3. The molecule has 0 aliphatic heterocycles. The van der Waals surface area contributed by atoms with E-state index in [2.05, 4.69) is 76.2 Å². The van der Waals surface area contributed by atoms with Crippen molar-refractivity contribution in [2.45, 2.75) is 39.7 Å². The maximum atomic E-state index is 6.53. The molecule has 0 spiro atoms. The molecule has 2 atom stereocenters. The maximum absolute atomic E-state index is 6.53. The molecule has 0 radical (unpaired) electrons. The molecule has 2 unspecified atom stereocenters. The van der Waals surface area contributed by atoms with E-state index in [1.165, 1.54) is 22.3 Å². The Bertz CT molecular complexity index is 557. The molecule has 2 rings (SSSR count). The predicted octanol–water partition coefficient (Wildman–Crippen LogP) is 4.42. The molecule has 0 aromatic heterocycles. The summed E-state index contributed by atoms with van der Waals surface area (Å²) in [6.45, 7) is 8.72. The third-order valence-electron chi connectivity index (χ3n) is 4.07. The van der Waals surface area contributed by atoms with Crippen LogP contribution in [0.2, 0.25) is 0 Å². The van der Waals surface area contributed by atoms with Crippen molar-refractivity contribution in [3.8, 4) is 0 Å². The summed E-state index contributed by atoms with van der Waals surface area (Å²) >= 11 is 0. The van der Waals surface area contributed by atoms with Crippen molar-refractivity contribution < 1.29 is 0 Å². The van der Waals surface area contributed by atoms with Gasteiger partial charge in [0.25, 0.3) is 0 Å². The summed E-state index contributed by atoms with van der Waals surface area (Å²) in [7, 11) is 0. The van der Waals surface area contributed by atoms with Crippen molar-refractivity contribution in [2.75, 3.05) is 0 Å². The average molecular weight is 267 g/mol. The number of hydrogen-bond acceptors (Lipinski definition) is 1. The van der Waals surface area contributed by atoms with E-state index in [0.29, 0.717) is 5.92 Å². The largest absolute Gasteiger partial charge is 0.327 e. The lowest BCUT2D eigenvalue weighted by Gasteiger charge is -2.29. The summed E-state index contributed by atoms with van der Waals surface area (Å²) in [6, 6.07) is 17.4. The second kappa shape index (κ2) is 6.23. The summed E-state index contributed by atoms with van der Waals surface area (Å²) < 4.78 is 0. The van der Waals surface area contributed by atoms with Crippen LogP contribution < -0.4 is 5.73 Å². The quantitative estimate of drug-likeness (QED) is 0.872. The number of aryl methyl sites for hydroxylation is 2. The summed E-state index contributed by atoms with van der Waals surface area (Å²) in [5.74, 6) is 0.706. The van der Waals surface area contributed by atoms with E-state index in [0.717, 1.165) is 0 Å². The molecule has 0 saturated carbocycles. The van der Waals surface area contributed by atoms with Gasteiger partial charge in [-0.15, -0.1) is 0 Å². The molecular formula is C19H25N. The van der Waals surface area contributed by atoms with Crippen LogP contribution in [0.5, 0.6) is 0 Å². The Balaban J connectivity index is 2.52. The summed E-state index contributed by atoms with van der Waals surface area (Å²) in [5, 5.41) is 0. The topological polar surface area (TPSA) is 26.0 Å².